The summed E-state index contributed by atoms with van der Waals surface area (Å²) >= 11 is 0. The Morgan fingerprint density at radius 2 is 1.80 bits per heavy atom. The number of likely N-dealkylation sites (tertiary alicyclic amines) is 2. The Kier molecular flexibility index (Phi) is 11.6. The van der Waals surface area contributed by atoms with Crippen LogP contribution in [0, 0.1) is 0 Å². The number of pyridine rings is 1. The van der Waals surface area contributed by atoms with Gasteiger partial charge in [0.2, 0.25) is 0 Å². The molecule has 0 radical (unpaired) electrons. The van der Waals surface area contributed by atoms with E-state index in [-0.39, 0.29) is 18.6 Å². The normalized spacial score (nSPS) is 23.4. The molecular formula is C35H50N4O6. The number of dihydropyridines is 1. The summed E-state index contributed by atoms with van der Waals surface area (Å²) in [5.41, 5.74) is 6.74. The molecule has 1 aromatic rings. The number of carbonyl (C=O) groups excluding carboxylic acids is 1. The molecular weight excluding hydrogens is 572 g/mol. The second kappa shape index (κ2) is 15.2. The topological polar surface area (TPSA) is 125 Å². The highest BCUT2D eigenvalue weighted by atomic mass is 16.5. The van der Waals surface area contributed by atoms with Gasteiger partial charge in [0.15, 0.2) is 0 Å². The average molecular weight is 623 g/mol. The van der Waals surface area contributed by atoms with Gasteiger partial charge in [-0.05, 0) is 94.3 Å². The first-order chi connectivity index (χ1) is 21.8. The van der Waals surface area contributed by atoms with Crippen molar-refractivity contribution in [3.8, 4) is 0 Å². The third-order valence-corrected chi connectivity index (χ3v) is 9.74. The van der Waals surface area contributed by atoms with E-state index < -0.39 is 11.6 Å². The molecule has 2 fully saturated rings. The average Bonchev–Trinajstić information content (AvgIpc) is 3.42. The predicted octanol–water partition coefficient (Wildman–Crippen LogP) is 4.75. The van der Waals surface area contributed by atoms with Gasteiger partial charge in [-0.3, -0.25) is 19.4 Å². The van der Waals surface area contributed by atoms with Crippen LogP contribution in [0.1, 0.15) is 102 Å². The number of aromatic nitrogens is 1. The second-order valence-electron chi connectivity index (χ2n) is 12.3. The molecule has 0 saturated carbocycles. The van der Waals surface area contributed by atoms with E-state index in [0.717, 1.165) is 49.0 Å². The lowest BCUT2D eigenvalue weighted by Gasteiger charge is -2.43. The highest BCUT2D eigenvalue weighted by molar-refractivity contribution is 6.15. The van der Waals surface area contributed by atoms with Crippen LogP contribution in [0.5, 0.6) is 0 Å². The number of allylic oxidation sites excluding steroid dienone is 2. The monoisotopic (exact) mass is 622 g/mol. The summed E-state index contributed by atoms with van der Waals surface area (Å²) in [7, 11) is 0. The number of aliphatic hydroxyl groups excluding tert-OH is 1. The molecule has 6 rings (SSSR count). The fourth-order valence-electron chi connectivity index (χ4n) is 7.55. The van der Waals surface area contributed by atoms with Crippen LogP contribution in [0.4, 0.5) is 0 Å². The van der Waals surface area contributed by atoms with E-state index in [1.807, 2.05) is 19.9 Å². The van der Waals surface area contributed by atoms with Crippen LogP contribution in [0.3, 0.4) is 0 Å². The van der Waals surface area contributed by atoms with Crippen molar-refractivity contribution < 1.29 is 24.5 Å². The van der Waals surface area contributed by atoms with Crippen LogP contribution in [0.25, 0.3) is 0 Å². The summed E-state index contributed by atoms with van der Waals surface area (Å²) in [5.74, 6) is 0. The van der Waals surface area contributed by atoms with E-state index in [1.54, 1.807) is 11.5 Å². The van der Waals surface area contributed by atoms with Crippen LogP contribution >= 0.6 is 0 Å². The minimum Gasteiger partial charge on any atom is -0.483 e. The number of rotatable bonds is 7. The molecule has 0 bridgehead atoms. The maximum Gasteiger partial charge on any atom is 0.293 e. The standard InChI is InChI=1S/C32H42N4O4.C2H6.CH2O2/c1-4-24-26-18-36-29(17-25(21(2)38)27(31(36)39)19-40-20-37)30(26)33-32(3)11-8-23(16-28(24)32)35-14-9-22(10-15-35)34-12-6-5-7-13-34;1-2;2-1-3/h8,16-17,20-22,38H,4-7,9-15,18-19H2,1-3H3;1-2H3;1H,(H,2,3). The number of hydrogen-bond acceptors (Lipinski definition) is 8. The molecule has 0 amide bonds. The largest absolute Gasteiger partial charge is 0.483 e. The van der Waals surface area contributed by atoms with Gasteiger partial charge in [-0.15, -0.1) is 0 Å². The smallest absolute Gasteiger partial charge is 0.293 e. The molecule has 2 atom stereocenters. The van der Waals surface area contributed by atoms with Crippen molar-refractivity contribution in [2.45, 2.75) is 110 Å². The molecule has 45 heavy (non-hydrogen) atoms. The molecule has 0 spiro atoms. The lowest BCUT2D eigenvalue weighted by molar-refractivity contribution is -0.130. The number of piperidine rings is 2. The van der Waals surface area contributed by atoms with Crippen molar-refractivity contribution in [1.82, 2.24) is 14.4 Å². The van der Waals surface area contributed by atoms with Gasteiger partial charge in [0, 0.05) is 30.4 Å². The van der Waals surface area contributed by atoms with E-state index in [0.29, 0.717) is 24.1 Å². The van der Waals surface area contributed by atoms with Crippen molar-refractivity contribution >= 4 is 18.7 Å². The molecule has 0 aromatic carbocycles. The van der Waals surface area contributed by atoms with Gasteiger partial charge >= 0.3 is 0 Å². The second-order valence-corrected chi connectivity index (χ2v) is 12.3. The Morgan fingerprint density at radius 3 is 2.40 bits per heavy atom. The molecule has 1 aliphatic carbocycles. The van der Waals surface area contributed by atoms with Gasteiger partial charge < -0.3 is 29.3 Å². The molecule has 5 heterocycles. The Balaban J connectivity index is 0.000000871. The van der Waals surface area contributed by atoms with E-state index in [1.165, 1.54) is 62.0 Å². The Labute approximate surface area is 266 Å². The van der Waals surface area contributed by atoms with E-state index in [4.69, 9.17) is 19.6 Å². The number of aliphatic hydroxyl groups is 1. The van der Waals surface area contributed by atoms with Crippen LogP contribution in [-0.2, 0) is 27.5 Å². The molecule has 1 aromatic heterocycles. The van der Waals surface area contributed by atoms with Crippen molar-refractivity contribution in [2.75, 3.05) is 26.2 Å². The van der Waals surface area contributed by atoms with E-state index >= 15 is 0 Å². The van der Waals surface area contributed by atoms with Gasteiger partial charge in [-0.1, -0.05) is 33.3 Å². The van der Waals surface area contributed by atoms with Gasteiger partial charge in [-0.25, -0.2) is 0 Å². The van der Waals surface area contributed by atoms with Crippen LogP contribution in [0.2, 0.25) is 0 Å². The molecule has 4 aliphatic heterocycles. The molecule has 10 heteroatoms. The number of carboxylic acid groups (broad SMARTS) is 1. The molecule has 5 aliphatic rings. The van der Waals surface area contributed by atoms with Gasteiger partial charge in [0.05, 0.1) is 35.2 Å². The Morgan fingerprint density at radius 1 is 1.13 bits per heavy atom. The minimum atomic E-state index is -0.864. The van der Waals surface area contributed by atoms with Crippen molar-refractivity contribution in [2.24, 2.45) is 4.99 Å². The number of carbonyl (C=O) groups is 2. The summed E-state index contributed by atoms with van der Waals surface area (Å²) in [6.07, 6.45) is 12.1. The number of fused-ring (bicyclic) bond motifs is 4. The van der Waals surface area contributed by atoms with Crippen molar-refractivity contribution in [3.63, 3.8) is 0 Å². The van der Waals surface area contributed by atoms with Gasteiger partial charge in [-0.2, -0.15) is 0 Å². The van der Waals surface area contributed by atoms with Gasteiger partial charge in [0.1, 0.15) is 6.61 Å². The molecule has 2 unspecified atom stereocenters. The van der Waals surface area contributed by atoms with Gasteiger partial charge in [0.25, 0.3) is 18.5 Å². The quantitative estimate of drug-likeness (QED) is 0.418. The first-order valence-corrected chi connectivity index (χ1v) is 16.6. The highest BCUT2D eigenvalue weighted by Gasteiger charge is 2.42. The van der Waals surface area contributed by atoms with Crippen molar-refractivity contribution in [1.29, 1.82) is 0 Å². The van der Waals surface area contributed by atoms with Crippen LogP contribution in [-0.4, -0.2) is 81.0 Å². The predicted molar refractivity (Wildman–Crippen MR) is 175 cm³/mol. The highest BCUT2D eigenvalue weighted by Crippen LogP contribution is 2.45. The molecule has 2 saturated heterocycles. The zero-order valence-electron chi connectivity index (χ0n) is 27.6. The third kappa shape index (κ3) is 6.87. The summed E-state index contributed by atoms with van der Waals surface area (Å²) in [5, 5.41) is 17.4. The molecule has 10 nitrogen and oxygen atoms in total. The van der Waals surface area contributed by atoms with Crippen LogP contribution in [0.15, 0.2) is 50.4 Å². The maximum absolute atomic E-state index is 13.6. The lowest BCUT2D eigenvalue weighted by atomic mass is 9.75. The van der Waals surface area contributed by atoms with E-state index in [2.05, 4.69) is 35.8 Å². The fourth-order valence-corrected chi connectivity index (χ4v) is 7.55. The third-order valence-electron chi connectivity index (χ3n) is 9.74. The molecule has 246 valence electrons. The Hall–Kier alpha value is -3.50. The lowest BCUT2D eigenvalue weighted by Crippen LogP contribution is -2.46. The summed E-state index contributed by atoms with van der Waals surface area (Å²) in [6.45, 7) is 15.1. The summed E-state index contributed by atoms with van der Waals surface area (Å²) in [6, 6.07) is 2.58. The first-order valence-electron chi connectivity index (χ1n) is 16.6. The Bertz CT molecular complexity index is 1420. The molecule has 2 N–H and O–H groups in total. The van der Waals surface area contributed by atoms with Crippen molar-refractivity contribution in [3.05, 3.63) is 67.8 Å². The fraction of sp³-hybridized carbons (Fsp3) is 0.600. The zero-order valence-corrected chi connectivity index (χ0v) is 27.6. The van der Waals surface area contributed by atoms with E-state index in [9.17, 15) is 14.7 Å². The number of aliphatic imine (C=N–C) groups is 1. The van der Waals surface area contributed by atoms with Crippen LogP contribution < -0.4 is 5.56 Å². The summed E-state index contributed by atoms with van der Waals surface area (Å²) in [4.78, 5) is 43.4. The minimum absolute atomic E-state index is 0.153. The zero-order chi connectivity index (χ0) is 32.7. The maximum atomic E-state index is 13.6. The number of ether oxygens (including phenoxy) is 1. The first kappa shape index (κ1) is 34.4. The SMILES string of the molecule is CC.CCC1=C2Cn3c(cc(C(C)O)c(COC=O)c3=O)C2=NC2(C)CC=C(N3CCC(N4CCCCC4)CC3)C=C12.O=CO. The number of hydrogen-bond donors (Lipinski definition) is 2. The number of nitrogens with zero attached hydrogens (tertiary/aromatic N) is 4. The summed E-state index contributed by atoms with van der Waals surface area (Å²) < 4.78 is 6.68.